The highest BCUT2D eigenvalue weighted by molar-refractivity contribution is 14.0. The van der Waals surface area contributed by atoms with E-state index in [0.29, 0.717) is 18.8 Å². The topological polar surface area (TPSA) is 104 Å². The zero-order valence-corrected chi connectivity index (χ0v) is 18.7. The molecule has 1 fully saturated rings. The second-order valence-electron chi connectivity index (χ2n) is 6.20. The highest BCUT2D eigenvalue weighted by Gasteiger charge is 2.11. The second kappa shape index (κ2) is 14.4. The molecule has 158 valence electrons. The predicted molar refractivity (Wildman–Crippen MR) is 123 cm³/mol. The molecule has 9 nitrogen and oxygen atoms in total. The van der Waals surface area contributed by atoms with Gasteiger partial charge in [0.25, 0.3) is 5.69 Å². The number of hydrogen-bond acceptors (Lipinski definition) is 6. The van der Waals surface area contributed by atoms with Gasteiger partial charge in [-0.05, 0) is 19.4 Å². The van der Waals surface area contributed by atoms with Crippen LogP contribution in [0, 0.1) is 10.1 Å². The number of benzene rings is 1. The first-order chi connectivity index (χ1) is 13.2. The lowest BCUT2D eigenvalue weighted by molar-refractivity contribution is -0.384. The molecule has 1 aromatic carbocycles. The summed E-state index contributed by atoms with van der Waals surface area (Å²) >= 11 is 0. The molecule has 0 bridgehead atoms. The lowest BCUT2D eigenvalue weighted by atomic mass is 10.2. The van der Waals surface area contributed by atoms with Gasteiger partial charge in [-0.3, -0.25) is 20.0 Å². The Balaban J connectivity index is 0.00000392. The van der Waals surface area contributed by atoms with Gasteiger partial charge in [-0.2, -0.15) is 0 Å². The monoisotopic (exact) mass is 506 g/mol. The third-order valence-corrected chi connectivity index (χ3v) is 4.18. The quantitative estimate of drug-likeness (QED) is 0.111. The van der Waals surface area contributed by atoms with Gasteiger partial charge in [-0.25, -0.2) is 0 Å². The Morgan fingerprint density at radius 2 is 2.00 bits per heavy atom. The Labute approximate surface area is 183 Å². The molecular weight excluding hydrogens is 475 g/mol. The first-order valence-corrected chi connectivity index (χ1v) is 9.50. The zero-order chi connectivity index (χ0) is 19.3. The third kappa shape index (κ3) is 9.02. The molecule has 1 aromatic rings. The zero-order valence-electron chi connectivity index (χ0n) is 16.4. The van der Waals surface area contributed by atoms with Crippen LogP contribution in [0.2, 0.25) is 0 Å². The minimum absolute atomic E-state index is 0. The van der Waals surface area contributed by atoms with Crippen molar-refractivity contribution in [3.05, 3.63) is 34.4 Å². The number of nitrogens with zero attached hydrogens (tertiary/aromatic N) is 3. The van der Waals surface area contributed by atoms with Crippen molar-refractivity contribution in [3.63, 3.8) is 0 Å². The molecule has 0 spiro atoms. The largest absolute Gasteiger partial charge is 0.379 e. The maximum absolute atomic E-state index is 11.0. The average Bonchev–Trinajstić information content (AvgIpc) is 2.69. The number of hydrogen-bond donors (Lipinski definition) is 3. The number of rotatable bonds is 10. The third-order valence-electron chi connectivity index (χ3n) is 4.18. The van der Waals surface area contributed by atoms with Crippen molar-refractivity contribution < 1.29 is 9.66 Å². The Morgan fingerprint density at radius 1 is 1.25 bits per heavy atom. The van der Waals surface area contributed by atoms with Crippen LogP contribution >= 0.6 is 24.0 Å². The molecule has 0 atom stereocenters. The number of guanidine groups is 1. The number of ether oxygens (including phenoxy) is 1. The van der Waals surface area contributed by atoms with Crippen LogP contribution in [0.3, 0.4) is 0 Å². The van der Waals surface area contributed by atoms with E-state index in [-0.39, 0.29) is 34.6 Å². The van der Waals surface area contributed by atoms with Crippen LogP contribution < -0.4 is 16.0 Å². The highest BCUT2D eigenvalue weighted by Crippen LogP contribution is 2.22. The molecule has 0 radical (unpaired) electrons. The summed E-state index contributed by atoms with van der Waals surface area (Å²) in [4.78, 5) is 17.6. The van der Waals surface area contributed by atoms with Gasteiger partial charge in [0.05, 0.1) is 18.1 Å². The Hall–Kier alpha value is -1.66. The van der Waals surface area contributed by atoms with Gasteiger partial charge in [0.15, 0.2) is 5.96 Å². The summed E-state index contributed by atoms with van der Waals surface area (Å²) in [6.45, 7) is 9.41. The number of halogens is 1. The van der Waals surface area contributed by atoms with E-state index in [0.717, 1.165) is 58.3 Å². The van der Waals surface area contributed by atoms with Gasteiger partial charge in [0, 0.05) is 51.9 Å². The highest BCUT2D eigenvalue weighted by atomic mass is 127. The summed E-state index contributed by atoms with van der Waals surface area (Å²) in [5.74, 6) is 0.767. The molecule has 0 aliphatic carbocycles. The molecule has 1 aliphatic rings. The SMILES string of the molecule is CCNC(=NCCCN1CCOCC1)NCCNc1ccccc1[N+](=O)[O-].I. The molecule has 0 amide bonds. The van der Waals surface area contributed by atoms with E-state index < -0.39 is 0 Å². The molecule has 3 N–H and O–H groups in total. The van der Waals surface area contributed by atoms with Gasteiger partial charge in [0.2, 0.25) is 0 Å². The van der Waals surface area contributed by atoms with Crippen LogP contribution in [0.25, 0.3) is 0 Å². The molecule has 28 heavy (non-hydrogen) atoms. The number of aliphatic imine (C=N–C) groups is 1. The summed E-state index contributed by atoms with van der Waals surface area (Å²) in [6, 6.07) is 6.65. The molecule has 1 heterocycles. The van der Waals surface area contributed by atoms with Crippen molar-refractivity contribution in [2.24, 2.45) is 4.99 Å². The molecule has 0 unspecified atom stereocenters. The number of anilines is 1. The number of para-hydroxylation sites is 2. The van der Waals surface area contributed by atoms with Crippen LogP contribution in [-0.2, 0) is 4.74 Å². The molecule has 1 saturated heterocycles. The van der Waals surface area contributed by atoms with Gasteiger partial charge in [0.1, 0.15) is 5.69 Å². The lowest BCUT2D eigenvalue weighted by Crippen LogP contribution is -2.40. The standard InChI is InChI=1S/C18H30N6O3.HI/c1-2-19-18(21-8-5-11-23-12-14-27-15-13-23)22-10-9-20-16-6-3-4-7-17(16)24(25)26;/h3-4,6-7,20H,2,5,8-15H2,1H3,(H2,19,21,22);1H. The van der Waals surface area contributed by atoms with Gasteiger partial charge in [-0.15, -0.1) is 24.0 Å². The molecule has 10 heteroatoms. The van der Waals surface area contributed by atoms with Crippen molar-refractivity contribution >= 4 is 41.3 Å². The van der Waals surface area contributed by atoms with E-state index >= 15 is 0 Å². The lowest BCUT2D eigenvalue weighted by Gasteiger charge is -2.26. The first kappa shape index (κ1) is 24.4. The molecule has 2 rings (SSSR count). The average molecular weight is 506 g/mol. The minimum atomic E-state index is -0.379. The maximum atomic E-state index is 11.0. The maximum Gasteiger partial charge on any atom is 0.292 e. The molecule has 0 aromatic heterocycles. The van der Waals surface area contributed by atoms with E-state index in [1.807, 2.05) is 6.92 Å². The van der Waals surface area contributed by atoms with Gasteiger partial charge < -0.3 is 20.7 Å². The summed E-state index contributed by atoms with van der Waals surface area (Å²) in [5, 5.41) is 20.6. The Morgan fingerprint density at radius 3 is 2.71 bits per heavy atom. The molecule has 1 aliphatic heterocycles. The van der Waals surface area contributed by atoms with Crippen LogP contribution in [0.4, 0.5) is 11.4 Å². The first-order valence-electron chi connectivity index (χ1n) is 9.50. The number of morpholine rings is 1. The normalized spacial score (nSPS) is 14.8. The second-order valence-corrected chi connectivity index (χ2v) is 6.20. The van der Waals surface area contributed by atoms with E-state index in [1.54, 1.807) is 18.2 Å². The van der Waals surface area contributed by atoms with Gasteiger partial charge in [-0.1, -0.05) is 12.1 Å². The van der Waals surface area contributed by atoms with Crippen molar-refractivity contribution in [3.8, 4) is 0 Å². The number of nitro groups is 1. The van der Waals surface area contributed by atoms with E-state index in [4.69, 9.17) is 4.74 Å². The van der Waals surface area contributed by atoms with Crippen LogP contribution in [0.15, 0.2) is 29.3 Å². The van der Waals surface area contributed by atoms with Crippen LogP contribution in [0.1, 0.15) is 13.3 Å². The van der Waals surface area contributed by atoms with Gasteiger partial charge >= 0.3 is 0 Å². The fraction of sp³-hybridized carbons (Fsp3) is 0.611. The minimum Gasteiger partial charge on any atom is -0.379 e. The summed E-state index contributed by atoms with van der Waals surface area (Å²) < 4.78 is 5.35. The van der Waals surface area contributed by atoms with Crippen molar-refractivity contribution in [1.82, 2.24) is 15.5 Å². The van der Waals surface area contributed by atoms with Crippen LogP contribution in [-0.4, -0.2) is 74.8 Å². The Bertz CT molecular complexity index is 611. The summed E-state index contributed by atoms with van der Waals surface area (Å²) in [5.41, 5.74) is 0.609. The molecule has 0 saturated carbocycles. The van der Waals surface area contributed by atoms with Crippen molar-refractivity contribution in [1.29, 1.82) is 0 Å². The number of nitrogens with one attached hydrogen (secondary N) is 3. The Kier molecular flexibility index (Phi) is 12.5. The fourth-order valence-electron chi connectivity index (χ4n) is 2.81. The van der Waals surface area contributed by atoms with Crippen LogP contribution in [0.5, 0.6) is 0 Å². The fourth-order valence-corrected chi connectivity index (χ4v) is 2.81. The van der Waals surface area contributed by atoms with E-state index in [1.165, 1.54) is 6.07 Å². The smallest absolute Gasteiger partial charge is 0.292 e. The summed E-state index contributed by atoms with van der Waals surface area (Å²) in [6.07, 6.45) is 1.00. The number of nitro benzene ring substituents is 1. The van der Waals surface area contributed by atoms with E-state index in [2.05, 4.69) is 25.8 Å². The van der Waals surface area contributed by atoms with Crippen molar-refractivity contribution in [2.45, 2.75) is 13.3 Å². The summed E-state index contributed by atoms with van der Waals surface area (Å²) in [7, 11) is 0. The molecular formula is C18H31IN6O3. The predicted octanol–water partition coefficient (Wildman–Crippen LogP) is 1.90. The van der Waals surface area contributed by atoms with Crippen molar-refractivity contribution in [2.75, 3.05) is 64.3 Å². The van der Waals surface area contributed by atoms with E-state index in [9.17, 15) is 10.1 Å².